The van der Waals surface area contributed by atoms with Crippen molar-refractivity contribution in [1.82, 2.24) is 0 Å². The van der Waals surface area contributed by atoms with E-state index in [-0.39, 0.29) is 11.5 Å². The molecule has 0 bridgehead atoms. The van der Waals surface area contributed by atoms with E-state index in [0.717, 1.165) is 0 Å². The summed E-state index contributed by atoms with van der Waals surface area (Å²) in [5.41, 5.74) is 0.198. The maximum absolute atomic E-state index is 13.7. The largest absolute Gasteiger partial charge is 0.497 e. The molecule has 1 atom stereocenters. The Kier molecular flexibility index (Phi) is 3.88. The van der Waals surface area contributed by atoms with E-state index in [2.05, 4.69) is 0 Å². The van der Waals surface area contributed by atoms with Gasteiger partial charge in [-0.1, -0.05) is 19.9 Å². The smallest absolute Gasteiger partial charge is 0.311 e. The van der Waals surface area contributed by atoms with Crippen LogP contribution in [-0.2, 0) is 4.79 Å². The Morgan fingerprint density at radius 1 is 1.44 bits per heavy atom. The molecule has 0 aliphatic carbocycles. The molecule has 1 rings (SSSR count). The fourth-order valence-electron chi connectivity index (χ4n) is 1.66. The molecule has 0 aliphatic rings. The van der Waals surface area contributed by atoms with Crippen LogP contribution in [0.15, 0.2) is 18.2 Å². The summed E-state index contributed by atoms with van der Waals surface area (Å²) in [6, 6.07) is 4.23. The maximum atomic E-state index is 13.7. The van der Waals surface area contributed by atoms with Crippen molar-refractivity contribution in [3.05, 3.63) is 29.6 Å². The number of hydrogen-bond donors (Lipinski definition) is 1. The second kappa shape index (κ2) is 4.96. The van der Waals surface area contributed by atoms with Gasteiger partial charge in [0.25, 0.3) is 0 Å². The number of carbonyl (C=O) groups is 1. The molecule has 16 heavy (non-hydrogen) atoms. The summed E-state index contributed by atoms with van der Waals surface area (Å²) >= 11 is 0. The first kappa shape index (κ1) is 12.5. The second-order valence-electron chi connectivity index (χ2n) is 3.95. The molecule has 4 heteroatoms. The van der Waals surface area contributed by atoms with E-state index in [1.54, 1.807) is 19.9 Å². The molecule has 3 nitrogen and oxygen atoms in total. The summed E-state index contributed by atoms with van der Waals surface area (Å²) in [6.45, 7) is 3.50. The zero-order valence-electron chi connectivity index (χ0n) is 9.53. The van der Waals surface area contributed by atoms with Gasteiger partial charge in [-0.25, -0.2) is 4.39 Å². The third-order valence-corrected chi connectivity index (χ3v) is 2.48. The molecule has 88 valence electrons. The summed E-state index contributed by atoms with van der Waals surface area (Å²) in [6.07, 6.45) is 0. The van der Waals surface area contributed by atoms with Crippen LogP contribution in [0.2, 0.25) is 0 Å². The highest BCUT2D eigenvalue weighted by atomic mass is 19.1. The van der Waals surface area contributed by atoms with Crippen molar-refractivity contribution in [3.63, 3.8) is 0 Å². The number of benzene rings is 1. The third-order valence-electron chi connectivity index (χ3n) is 2.48. The predicted molar refractivity (Wildman–Crippen MR) is 58.2 cm³/mol. The lowest BCUT2D eigenvalue weighted by Crippen LogP contribution is -2.18. The molecule has 0 spiro atoms. The molecule has 1 unspecified atom stereocenters. The first-order valence-corrected chi connectivity index (χ1v) is 5.03. The molecule has 1 N–H and O–H groups in total. The van der Waals surface area contributed by atoms with Crippen molar-refractivity contribution in [2.24, 2.45) is 5.92 Å². The first-order valence-electron chi connectivity index (χ1n) is 5.03. The van der Waals surface area contributed by atoms with Gasteiger partial charge in [-0.2, -0.15) is 0 Å². The minimum absolute atomic E-state index is 0.166. The van der Waals surface area contributed by atoms with E-state index in [4.69, 9.17) is 9.84 Å². The van der Waals surface area contributed by atoms with E-state index >= 15 is 0 Å². The Balaban J connectivity index is 3.15. The fourth-order valence-corrected chi connectivity index (χ4v) is 1.66. The van der Waals surface area contributed by atoms with Gasteiger partial charge in [0.05, 0.1) is 13.0 Å². The van der Waals surface area contributed by atoms with Gasteiger partial charge in [0.2, 0.25) is 0 Å². The lowest BCUT2D eigenvalue weighted by molar-refractivity contribution is -0.139. The molecule has 0 aliphatic heterocycles. The number of carboxylic acid groups (broad SMARTS) is 1. The Morgan fingerprint density at radius 2 is 2.06 bits per heavy atom. The average Bonchev–Trinajstić information content (AvgIpc) is 2.19. The number of aliphatic carboxylic acids is 1. The molecule has 1 aromatic rings. The van der Waals surface area contributed by atoms with Gasteiger partial charge in [0.15, 0.2) is 0 Å². The van der Waals surface area contributed by atoms with Crippen LogP contribution in [0.1, 0.15) is 25.3 Å². The lowest BCUT2D eigenvalue weighted by Gasteiger charge is -2.17. The van der Waals surface area contributed by atoms with Crippen molar-refractivity contribution in [1.29, 1.82) is 0 Å². The first-order chi connectivity index (χ1) is 7.47. The van der Waals surface area contributed by atoms with Gasteiger partial charge in [-0.3, -0.25) is 4.79 Å². The lowest BCUT2D eigenvalue weighted by atomic mass is 9.88. The molecule has 0 fully saturated rings. The minimum Gasteiger partial charge on any atom is -0.497 e. The number of halogens is 1. The van der Waals surface area contributed by atoms with Crippen molar-refractivity contribution in [2.45, 2.75) is 19.8 Å². The van der Waals surface area contributed by atoms with Gasteiger partial charge < -0.3 is 9.84 Å². The van der Waals surface area contributed by atoms with Crippen molar-refractivity contribution in [2.75, 3.05) is 7.11 Å². The van der Waals surface area contributed by atoms with Gasteiger partial charge in [0, 0.05) is 11.6 Å². The van der Waals surface area contributed by atoms with E-state index < -0.39 is 17.7 Å². The van der Waals surface area contributed by atoms with Crippen molar-refractivity contribution < 1.29 is 19.0 Å². The van der Waals surface area contributed by atoms with E-state index in [1.807, 2.05) is 0 Å². The van der Waals surface area contributed by atoms with Crippen LogP contribution in [0, 0.1) is 11.7 Å². The Morgan fingerprint density at radius 3 is 2.44 bits per heavy atom. The minimum atomic E-state index is -1.01. The molecule has 0 saturated heterocycles. The molecule has 0 radical (unpaired) electrons. The highest BCUT2D eigenvalue weighted by Crippen LogP contribution is 2.29. The van der Waals surface area contributed by atoms with Crippen LogP contribution in [0.4, 0.5) is 4.39 Å². The van der Waals surface area contributed by atoms with E-state index in [0.29, 0.717) is 5.75 Å². The topological polar surface area (TPSA) is 46.5 Å². The summed E-state index contributed by atoms with van der Waals surface area (Å²) in [7, 11) is 1.44. The zero-order valence-corrected chi connectivity index (χ0v) is 9.53. The van der Waals surface area contributed by atoms with Gasteiger partial charge in [-0.05, 0) is 12.0 Å². The van der Waals surface area contributed by atoms with Gasteiger partial charge in [0.1, 0.15) is 11.6 Å². The summed E-state index contributed by atoms with van der Waals surface area (Å²) in [4.78, 5) is 11.1. The van der Waals surface area contributed by atoms with E-state index in [9.17, 15) is 9.18 Å². The van der Waals surface area contributed by atoms with Crippen molar-refractivity contribution in [3.8, 4) is 5.75 Å². The zero-order chi connectivity index (χ0) is 12.3. The van der Waals surface area contributed by atoms with Crippen molar-refractivity contribution >= 4 is 5.97 Å². The van der Waals surface area contributed by atoms with Crippen LogP contribution in [0.3, 0.4) is 0 Å². The molecule has 0 heterocycles. The highest BCUT2D eigenvalue weighted by molar-refractivity contribution is 5.76. The average molecular weight is 226 g/mol. The van der Waals surface area contributed by atoms with Crippen LogP contribution >= 0.6 is 0 Å². The summed E-state index contributed by atoms with van der Waals surface area (Å²) in [5, 5.41) is 9.05. The summed E-state index contributed by atoms with van der Waals surface area (Å²) in [5.74, 6) is -2.17. The normalized spacial score (nSPS) is 12.6. The monoisotopic (exact) mass is 226 g/mol. The maximum Gasteiger partial charge on any atom is 0.311 e. The Hall–Kier alpha value is -1.58. The SMILES string of the molecule is COc1ccc(C(C(=O)O)C(C)C)c(F)c1. The number of carboxylic acids is 1. The van der Waals surface area contributed by atoms with Crippen LogP contribution in [0.5, 0.6) is 5.75 Å². The molecule has 0 saturated carbocycles. The van der Waals surface area contributed by atoms with E-state index in [1.165, 1.54) is 19.2 Å². The van der Waals surface area contributed by atoms with Crippen LogP contribution in [-0.4, -0.2) is 18.2 Å². The number of ether oxygens (including phenoxy) is 1. The molecule has 0 aromatic heterocycles. The van der Waals surface area contributed by atoms with Gasteiger partial charge >= 0.3 is 5.97 Å². The van der Waals surface area contributed by atoms with Crippen LogP contribution in [0.25, 0.3) is 0 Å². The predicted octanol–water partition coefficient (Wildman–Crippen LogP) is 2.66. The quantitative estimate of drug-likeness (QED) is 0.858. The number of methoxy groups -OCH3 is 1. The molecular weight excluding hydrogens is 211 g/mol. The van der Waals surface area contributed by atoms with Crippen LogP contribution < -0.4 is 4.74 Å². The molecule has 0 amide bonds. The molecule has 1 aromatic carbocycles. The Labute approximate surface area is 93.9 Å². The number of hydrogen-bond acceptors (Lipinski definition) is 2. The van der Waals surface area contributed by atoms with Gasteiger partial charge in [-0.15, -0.1) is 0 Å². The summed E-state index contributed by atoms with van der Waals surface area (Å²) < 4.78 is 18.5. The number of rotatable bonds is 4. The standard InChI is InChI=1S/C12H15FO3/c1-7(2)11(12(14)15)9-5-4-8(16-3)6-10(9)13/h4-7,11H,1-3H3,(H,14,15). The fraction of sp³-hybridized carbons (Fsp3) is 0.417. The third kappa shape index (κ3) is 2.51. The Bertz CT molecular complexity index is 388. The highest BCUT2D eigenvalue weighted by Gasteiger charge is 2.26. The second-order valence-corrected chi connectivity index (χ2v) is 3.95. The molecular formula is C12H15FO3.